The number of amides is 2. The van der Waals surface area contributed by atoms with Gasteiger partial charge in [0.2, 0.25) is 12.3 Å². The van der Waals surface area contributed by atoms with Crippen LogP contribution in [0.5, 0.6) is 0 Å². The van der Waals surface area contributed by atoms with Gasteiger partial charge in [-0.2, -0.15) is 0 Å². The van der Waals surface area contributed by atoms with Crippen LogP contribution in [0, 0.1) is 5.92 Å². The lowest BCUT2D eigenvalue weighted by Crippen LogP contribution is -2.48. The number of piperazine rings is 1. The highest BCUT2D eigenvalue weighted by Gasteiger charge is 2.21. The molecule has 17 heavy (non-hydrogen) atoms. The van der Waals surface area contributed by atoms with Crippen LogP contribution in [0.1, 0.15) is 19.8 Å². The van der Waals surface area contributed by atoms with Gasteiger partial charge in [-0.15, -0.1) is 0 Å². The molecule has 0 radical (unpaired) electrons. The number of rotatable bonds is 5. The minimum atomic E-state index is -1.13. The maximum Gasteiger partial charge on any atom is 0.222 e. The van der Waals surface area contributed by atoms with Gasteiger partial charge in [-0.25, -0.2) is 0 Å². The first-order chi connectivity index (χ1) is 8.02. The van der Waals surface area contributed by atoms with Crippen LogP contribution in [-0.4, -0.2) is 54.3 Å². The summed E-state index contributed by atoms with van der Waals surface area (Å²) in [5, 5.41) is 10.4. The molecule has 0 aromatic heterocycles. The van der Waals surface area contributed by atoms with Gasteiger partial charge in [-0.05, 0) is 12.3 Å². The van der Waals surface area contributed by atoms with Crippen LogP contribution < -0.4 is 5.11 Å². The van der Waals surface area contributed by atoms with Crippen molar-refractivity contribution < 1.29 is 19.5 Å². The normalized spacial score (nSPS) is 17.7. The van der Waals surface area contributed by atoms with Gasteiger partial charge in [0.15, 0.2) is 0 Å². The number of hydrogen-bond donors (Lipinski definition) is 0. The number of nitrogens with zero attached hydrogens (tertiary/aromatic N) is 2. The van der Waals surface area contributed by atoms with E-state index >= 15 is 0 Å². The number of carboxylic acid groups (broad SMARTS) is 1. The summed E-state index contributed by atoms with van der Waals surface area (Å²) in [6, 6.07) is 0. The molecule has 0 bridgehead atoms. The average Bonchev–Trinajstić information content (AvgIpc) is 2.28. The van der Waals surface area contributed by atoms with Gasteiger partial charge in [-0.1, -0.05) is 6.92 Å². The first kappa shape index (κ1) is 13.5. The third-order valence-corrected chi connectivity index (χ3v) is 2.85. The SMILES string of the molecule is C[C@H](CC(=O)[O-])CC(=O)N1CCN(C=O)CC1. The molecule has 0 aromatic carbocycles. The van der Waals surface area contributed by atoms with Crippen molar-refractivity contribution in [1.29, 1.82) is 0 Å². The Balaban J connectivity index is 2.33. The summed E-state index contributed by atoms with van der Waals surface area (Å²) < 4.78 is 0. The number of carbonyl (C=O) groups is 3. The molecule has 1 heterocycles. The van der Waals surface area contributed by atoms with Crippen LogP contribution in [-0.2, 0) is 14.4 Å². The van der Waals surface area contributed by atoms with Crippen molar-refractivity contribution in [3.05, 3.63) is 0 Å². The van der Waals surface area contributed by atoms with E-state index in [-0.39, 0.29) is 24.7 Å². The fourth-order valence-electron chi connectivity index (χ4n) is 1.86. The van der Waals surface area contributed by atoms with E-state index in [0.717, 1.165) is 6.41 Å². The highest BCUT2D eigenvalue weighted by molar-refractivity contribution is 5.77. The molecule has 6 nitrogen and oxygen atoms in total. The van der Waals surface area contributed by atoms with Gasteiger partial charge in [-0.3, -0.25) is 9.59 Å². The molecular weight excluding hydrogens is 224 g/mol. The zero-order valence-corrected chi connectivity index (χ0v) is 9.92. The number of hydrogen-bond acceptors (Lipinski definition) is 4. The van der Waals surface area contributed by atoms with Crippen LogP contribution in [0.4, 0.5) is 0 Å². The first-order valence-electron chi connectivity index (χ1n) is 5.70. The van der Waals surface area contributed by atoms with Crippen molar-refractivity contribution in [2.24, 2.45) is 5.92 Å². The molecule has 96 valence electrons. The fourth-order valence-corrected chi connectivity index (χ4v) is 1.86. The second kappa shape index (κ2) is 6.22. The van der Waals surface area contributed by atoms with Crippen molar-refractivity contribution in [1.82, 2.24) is 9.80 Å². The second-order valence-corrected chi connectivity index (χ2v) is 4.41. The molecule has 0 saturated carbocycles. The maximum atomic E-state index is 11.8. The summed E-state index contributed by atoms with van der Waals surface area (Å²) in [7, 11) is 0. The van der Waals surface area contributed by atoms with E-state index in [1.54, 1.807) is 16.7 Å². The Hall–Kier alpha value is -1.59. The number of carboxylic acids is 1. The highest BCUT2D eigenvalue weighted by Crippen LogP contribution is 2.10. The molecule has 6 heteroatoms. The third-order valence-electron chi connectivity index (χ3n) is 2.85. The minimum absolute atomic E-state index is 0.0516. The molecular formula is C11H17N2O4-. The van der Waals surface area contributed by atoms with Crippen molar-refractivity contribution in [2.45, 2.75) is 19.8 Å². The van der Waals surface area contributed by atoms with Crippen LogP contribution in [0.25, 0.3) is 0 Å². The molecule has 0 N–H and O–H groups in total. The lowest BCUT2D eigenvalue weighted by molar-refractivity contribution is -0.306. The highest BCUT2D eigenvalue weighted by atomic mass is 16.4. The summed E-state index contributed by atoms with van der Waals surface area (Å²) in [5.74, 6) is -1.39. The van der Waals surface area contributed by atoms with E-state index < -0.39 is 5.97 Å². The number of carbonyl (C=O) groups excluding carboxylic acids is 3. The Morgan fingerprint density at radius 3 is 2.29 bits per heavy atom. The molecule has 1 aliphatic heterocycles. The first-order valence-corrected chi connectivity index (χ1v) is 5.70. The van der Waals surface area contributed by atoms with E-state index in [1.807, 2.05) is 0 Å². The van der Waals surface area contributed by atoms with Crippen molar-refractivity contribution in [2.75, 3.05) is 26.2 Å². The van der Waals surface area contributed by atoms with Gasteiger partial charge in [0, 0.05) is 38.6 Å². The summed E-state index contributed by atoms with van der Waals surface area (Å²) in [5.41, 5.74) is 0. The molecule has 0 aromatic rings. The molecule has 1 saturated heterocycles. The quantitative estimate of drug-likeness (QED) is 0.546. The Morgan fingerprint density at radius 1 is 1.24 bits per heavy atom. The van der Waals surface area contributed by atoms with Gasteiger partial charge < -0.3 is 19.7 Å². The average molecular weight is 241 g/mol. The Labute approximate surface area is 100 Å². The standard InChI is InChI=1S/C11H18N2O4/c1-9(7-11(16)17)6-10(15)13-4-2-12(8-14)3-5-13/h8-9H,2-7H2,1H3,(H,16,17)/p-1/t9-/m0/s1. The maximum absolute atomic E-state index is 11.8. The van der Waals surface area contributed by atoms with E-state index in [0.29, 0.717) is 26.2 Å². The van der Waals surface area contributed by atoms with E-state index in [9.17, 15) is 19.5 Å². The zero-order valence-electron chi connectivity index (χ0n) is 9.92. The van der Waals surface area contributed by atoms with Crippen molar-refractivity contribution in [3.63, 3.8) is 0 Å². The zero-order chi connectivity index (χ0) is 12.8. The van der Waals surface area contributed by atoms with Crippen molar-refractivity contribution >= 4 is 18.3 Å². The molecule has 1 aliphatic rings. The van der Waals surface area contributed by atoms with Crippen LogP contribution in [0.2, 0.25) is 0 Å². The van der Waals surface area contributed by atoms with Crippen LogP contribution >= 0.6 is 0 Å². The molecule has 1 fully saturated rings. The molecule has 0 spiro atoms. The monoisotopic (exact) mass is 241 g/mol. The lowest BCUT2D eigenvalue weighted by Gasteiger charge is -2.33. The predicted octanol–water partition coefficient (Wildman–Crippen LogP) is -1.55. The Bertz CT molecular complexity index is 298. The predicted molar refractivity (Wildman–Crippen MR) is 57.6 cm³/mol. The van der Waals surface area contributed by atoms with Gasteiger partial charge in [0.25, 0.3) is 0 Å². The summed E-state index contributed by atoms with van der Waals surface area (Å²) >= 11 is 0. The fraction of sp³-hybridized carbons (Fsp3) is 0.727. The van der Waals surface area contributed by atoms with Crippen LogP contribution in [0.3, 0.4) is 0 Å². The molecule has 1 rings (SSSR count). The smallest absolute Gasteiger partial charge is 0.222 e. The Morgan fingerprint density at radius 2 is 1.82 bits per heavy atom. The van der Waals surface area contributed by atoms with E-state index in [2.05, 4.69) is 0 Å². The van der Waals surface area contributed by atoms with E-state index in [4.69, 9.17) is 0 Å². The summed E-state index contributed by atoms with van der Waals surface area (Å²) in [6.45, 7) is 3.86. The topological polar surface area (TPSA) is 80.8 Å². The molecule has 1 atom stereocenters. The van der Waals surface area contributed by atoms with E-state index in [1.165, 1.54) is 0 Å². The van der Waals surface area contributed by atoms with Crippen LogP contribution in [0.15, 0.2) is 0 Å². The molecule has 0 unspecified atom stereocenters. The lowest BCUT2D eigenvalue weighted by atomic mass is 10.0. The Kier molecular flexibility index (Phi) is 4.93. The third kappa shape index (κ3) is 4.42. The molecule has 0 aliphatic carbocycles. The van der Waals surface area contributed by atoms with Crippen molar-refractivity contribution in [3.8, 4) is 0 Å². The van der Waals surface area contributed by atoms with Gasteiger partial charge in [0.05, 0.1) is 0 Å². The summed E-state index contributed by atoms with van der Waals surface area (Å²) in [6.07, 6.45) is 0.898. The second-order valence-electron chi connectivity index (χ2n) is 4.41. The largest absolute Gasteiger partial charge is 0.550 e. The number of aliphatic carboxylic acids is 1. The summed E-state index contributed by atoms with van der Waals surface area (Å²) in [4.78, 5) is 35.9. The molecule has 2 amide bonds. The van der Waals surface area contributed by atoms with Gasteiger partial charge in [0.1, 0.15) is 0 Å². The van der Waals surface area contributed by atoms with Gasteiger partial charge >= 0.3 is 0 Å². The minimum Gasteiger partial charge on any atom is -0.550 e.